The minimum atomic E-state index is -1.21. The van der Waals surface area contributed by atoms with Gasteiger partial charge in [0.25, 0.3) is 5.91 Å². The van der Waals surface area contributed by atoms with Crippen LogP contribution in [0.15, 0.2) is 42.5 Å². The first-order valence-electron chi connectivity index (χ1n) is 8.05. The average Bonchev–Trinajstić information content (AvgIpc) is 3.20. The SMILES string of the molecule is CC1(c2ccc3c(c2)OCO3)NC(=O)N(Cc2ccccc2C#N)C1=O. The Hall–Kier alpha value is -3.53. The van der Waals surface area contributed by atoms with Gasteiger partial charge in [-0.3, -0.25) is 9.69 Å². The summed E-state index contributed by atoms with van der Waals surface area (Å²) in [6, 6.07) is 13.6. The van der Waals surface area contributed by atoms with Gasteiger partial charge in [0.2, 0.25) is 6.79 Å². The Balaban J connectivity index is 1.65. The zero-order chi connectivity index (χ0) is 18.3. The van der Waals surface area contributed by atoms with E-state index >= 15 is 0 Å². The van der Waals surface area contributed by atoms with Gasteiger partial charge in [0.1, 0.15) is 5.54 Å². The molecule has 0 aromatic heterocycles. The Labute approximate surface area is 149 Å². The molecular weight excluding hydrogens is 334 g/mol. The van der Waals surface area contributed by atoms with Crippen molar-refractivity contribution in [2.24, 2.45) is 0 Å². The molecule has 1 saturated heterocycles. The Bertz CT molecular complexity index is 965. The van der Waals surface area contributed by atoms with Gasteiger partial charge in [-0.25, -0.2) is 4.79 Å². The van der Waals surface area contributed by atoms with Gasteiger partial charge in [-0.1, -0.05) is 24.3 Å². The van der Waals surface area contributed by atoms with Crippen LogP contribution in [0.3, 0.4) is 0 Å². The molecule has 3 amide bonds. The lowest BCUT2D eigenvalue weighted by molar-refractivity contribution is -0.131. The standard InChI is InChI=1S/C19H15N3O4/c1-19(14-6-7-15-16(8-14)26-11-25-15)17(23)22(18(24)21-19)10-13-5-3-2-4-12(13)9-20/h2-8H,10-11H2,1H3,(H,21,24). The van der Waals surface area contributed by atoms with E-state index in [0.29, 0.717) is 28.2 Å². The van der Waals surface area contributed by atoms with Gasteiger partial charge in [0.05, 0.1) is 18.2 Å². The molecule has 1 fully saturated rings. The number of nitrogens with zero attached hydrogens (tertiary/aromatic N) is 2. The van der Waals surface area contributed by atoms with Gasteiger partial charge >= 0.3 is 6.03 Å². The highest BCUT2D eigenvalue weighted by atomic mass is 16.7. The lowest BCUT2D eigenvalue weighted by Gasteiger charge is -2.22. The molecule has 1 unspecified atom stereocenters. The number of carbonyl (C=O) groups excluding carboxylic acids is 2. The van der Waals surface area contributed by atoms with Gasteiger partial charge in [-0.15, -0.1) is 0 Å². The van der Waals surface area contributed by atoms with Gasteiger partial charge < -0.3 is 14.8 Å². The number of nitriles is 1. The first kappa shape index (κ1) is 16.0. The van der Waals surface area contributed by atoms with Gasteiger partial charge in [0.15, 0.2) is 11.5 Å². The molecule has 7 heteroatoms. The molecule has 0 saturated carbocycles. The Morgan fingerprint density at radius 3 is 2.77 bits per heavy atom. The number of nitrogens with one attached hydrogen (secondary N) is 1. The minimum Gasteiger partial charge on any atom is -0.454 e. The molecule has 1 atom stereocenters. The molecule has 2 aromatic rings. The summed E-state index contributed by atoms with van der Waals surface area (Å²) in [4.78, 5) is 26.6. The lowest BCUT2D eigenvalue weighted by atomic mass is 9.91. The summed E-state index contributed by atoms with van der Waals surface area (Å²) >= 11 is 0. The molecule has 2 aromatic carbocycles. The molecule has 26 heavy (non-hydrogen) atoms. The highest BCUT2D eigenvalue weighted by molar-refractivity contribution is 6.07. The maximum Gasteiger partial charge on any atom is 0.325 e. The normalized spacial score (nSPS) is 20.8. The summed E-state index contributed by atoms with van der Waals surface area (Å²) in [5.41, 5.74) is 0.453. The summed E-state index contributed by atoms with van der Waals surface area (Å²) in [6.07, 6.45) is 0. The molecule has 2 aliphatic rings. The lowest BCUT2D eigenvalue weighted by Crippen LogP contribution is -2.40. The van der Waals surface area contributed by atoms with Crippen LogP contribution in [-0.2, 0) is 16.9 Å². The summed E-state index contributed by atoms with van der Waals surface area (Å²) in [6.45, 7) is 1.82. The van der Waals surface area contributed by atoms with E-state index < -0.39 is 11.6 Å². The average molecular weight is 349 g/mol. The Kier molecular flexibility index (Phi) is 3.55. The second-order valence-corrected chi connectivity index (χ2v) is 6.28. The third-order valence-electron chi connectivity index (χ3n) is 4.69. The molecule has 130 valence electrons. The summed E-state index contributed by atoms with van der Waals surface area (Å²) in [5, 5.41) is 12.0. The minimum absolute atomic E-state index is 0.0363. The van der Waals surface area contributed by atoms with E-state index in [1.807, 2.05) is 0 Å². The van der Waals surface area contributed by atoms with Crippen molar-refractivity contribution in [3.63, 3.8) is 0 Å². The van der Waals surface area contributed by atoms with Crippen LogP contribution >= 0.6 is 0 Å². The van der Waals surface area contributed by atoms with E-state index in [4.69, 9.17) is 9.47 Å². The molecule has 2 heterocycles. The predicted octanol–water partition coefficient (Wildman–Crippen LogP) is 2.25. The fourth-order valence-corrected chi connectivity index (χ4v) is 3.18. The number of ether oxygens (including phenoxy) is 2. The van der Waals surface area contributed by atoms with Gasteiger partial charge in [-0.05, 0) is 36.2 Å². The number of imide groups is 1. The van der Waals surface area contributed by atoms with Crippen LogP contribution in [0.2, 0.25) is 0 Å². The molecule has 7 nitrogen and oxygen atoms in total. The Morgan fingerprint density at radius 1 is 1.19 bits per heavy atom. The first-order chi connectivity index (χ1) is 12.5. The van der Waals surface area contributed by atoms with Crippen LogP contribution in [0.5, 0.6) is 11.5 Å². The van der Waals surface area contributed by atoms with Crippen molar-refractivity contribution < 1.29 is 19.1 Å². The van der Waals surface area contributed by atoms with Gasteiger partial charge in [-0.2, -0.15) is 5.26 Å². The quantitative estimate of drug-likeness (QED) is 0.858. The number of hydrogen-bond donors (Lipinski definition) is 1. The van der Waals surface area contributed by atoms with E-state index in [9.17, 15) is 14.9 Å². The zero-order valence-electron chi connectivity index (χ0n) is 14.0. The van der Waals surface area contributed by atoms with E-state index in [-0.39, 0.29) is 19.2 Å². The van der Waals surface area contributed by atoms with Crippen molar-refractivity contribution in [3.8, 4) is 17.6 Å². The molecule has 0 aliphatic carbocycles. The van der Waals surface area contributed by atoms with Crippen molar-refractivity contribution in [3.05, 3.63) is 59.2 Å². The van der Waals surface area contributed by atoms with Crippen LogP contribution in [0.1, 0.15) is 23.6 Å². The molecule has 0 spiro atoms. The highest BCUT2D eigenvalue weighted by Gasteiger charge is 2.49. The summed E-state index contributed by atoms with van der Waals surface area (Å²) in [5.74, 6) is 0.766. The third-order valence-corrected chi connectivity index (χ3v) is 4.69. The Morgan fingerprint density at radius 2 is 1.96 bits per heavy atom. The highest BCUT2D eigenvalue weighted by Crippen LogP contribution is 2.38. The predicted molar refractivity (Wildman–Crippen MR) is 90.2 cm³/mol. The van der Waals surface area contributed by atoms with Crippen molar-refractivity contribution in [1.29, 1.82) is 5.26 Å². The molecule has 0 bridgehead atoms. The largest absolute Gasteiger partial charge is 0.454 e. The van der Waals surface area contributed by atoms with Crippen molar-refractivity contribution in [2.45, 2.75) is 19.0 Å². The van der Waals surface area contributed by atoms with Crippen LogP contribution in [0.25, 0.3) is 0 Å². The second-order valence-electron chi connectivity index (χ2n) is 6.28. The first-order valence-corrected chi connectivity index (χ1v) is 8.05. The van der Waals surface area contributed by atoms with Crippen LogP contribution < -0.4 is 14.8 Å². The monoisotopic (exact) mass is 349 g/mol. The maximum absolute atomic E-state index is 13.0. The topological polar surface area (TPSA) is 91.7 Å². The van der Waals surface area contributed by atoms with Crippen molar-refractivity contribution in [1.82, 2.24) is 10.2 Å². The van der Waals surface area contributed by atoms with Crippen LogP contribution in [0, 0.1) is 11.3 Å². The third kappa shape index (κ3) is 2.35. The number of urea groups is 1. The smallest absolute Gasteiger partial charge is 0.325 e. The summed E-state index contributed by atoms with van der Waals surface area (Å²) in [7, 11) is 0. The molecular formula is C19H15N3O4. The van der Waals surface area contributed by atoms with Crippen LogP contribution in [0.4, 0.5) is 4.79 Å². The zero-order valence-corrected chi connectivity index (χ0v) is 14.0. The summed E-state index contributed by atoms with van der Waals surface area (Å²) < 4.78 is 10.6. The molecule has 1 N–H and O–H groups in total. The maximum atomic E-state index is 13.0. The molecule has 0 radical (unpaired) electrons. The molecule has 2 aliphatic heterocycles. The van der Waals surface area contributed by atoms with E-state index in [2.05, 4.69) is 11.4 Å². The van der Waals surface area contributed by atoms with Gasteiger partial charge in [0, 0.05) is 0 Å². The fourth-order valence-electron chi connectivity index (χ4n) is 3.18. The second kappa shape index (κ2) is 5.77. The van der Waals surface area contributed by atoms with Crippen molar-refractivity contribution >= 4 is 11.9 Å². The van der Waals surface area contributed by atoms with E-state index in [1.54, 1.807) is 49.4 Å². The number of benzene rings is 2. The van der Waals surface area contributed by atoms with E-state index in [1.165, 1.54) is 0 Å². The van der Waals surface area contributed by atoms with Crippen molar-refractivity contribution in [2.75, 3.05) is 6.79 Å². The number of rotatable bonds is 3. The number of carbonyl (C=O) groups is 2. The number of fused-ring (bicyclic) bond motifs is 1. The number of amides is 3. The number of hydrogen-bond acceptors (Lipinski definition) is 5. The van der Waals surface area contributed by atoms with Crippen LogP contribution in [-0.4, -0.2) is 23.6 Å². The van der Waals surface area contributed by atoms with E-state index in [0.717, 1.165) is 4.90 Å². The fraction of sp³-hybridized carbons (Fsp3) is 0.211. The molecule has 4 rings (SSSR count).